The van der Waals surface area contributed by atoms with Crippen molar-refractivity contribution in [3.05, 3.63) is 11.5 Å². The van der Waals surface area contributed by atoms with E-state index in [0.717, 1.165) is 31.4 Å². The number of rotatable bonds is 4. The standard InChI is InChI=1S/C15H20O3/c1-4-5-6-7-8-15-11(10-13(15)16)9-12(17-2)14(15)18-3/h11H,4-6,9-10H2,1-3H3. The second-order valence-corrected chi connectivity index (χ2v) is 4.90. The van der Waals surface area contributed by atoms with Crippen LogP contribution >= 0.6 is 0 Å². The van der Waals surface area contributed by atoms with Gasteiger partial charge in [0.2, 0.25) is 0 Å². The van der Waals surface area contributed by atoms with Crippen molar-refractivity contribution in [3.8, 4) is 11.8 Å². The number of carbonyl (C=O) groups is 1. The smallest absolute Gasteiger partial charge is 0.159 e. The highest BCUT2D eigenvalue weighted by molar-refractivity contribution is 5.98. The molecule has 0 N–H and O–H groups in total. The van der Waals surface area contributed by atoms with E-state index < -0.39 is 5.41 Å². The zero-order valence-electron chi connectivity index (χ0n) is 11.3. The zero-order chi connectivity index (χ0) is 13.2. The molecule has 0 saturated heterocycles. The van der Waals surface area contributed by atoms with Gasteiger partial charge in [0.25, 0.3) is 0 Å². The molecule has 0 amide bonds. The summed E-state index contributed by atoms with van der Waals surface area (Å²) >= 11 is 0. The molecule has 0 radical (unpaired) electrons. The van der Waals surface area contributed by atoms with Crippen LogP contribution in [0, 0.1) is 23.2 Å². The Hall–Kier alpha value is -1.43. The summed E-state index contributed by atoms with van der Waals surface area (Å²) in [6, 6.07) is 0. The monoisotopic (exact) mass is 248 g/mol. The zero-order valence-corrected chi connectivity index (χ0v) is 11.3. The third-order valence-electron chi connectivity index (χ3n) is 3.92. The molecule has 0 aliphatic heterocycles. The second kappa shape index (κ2) is 5.06. The number of ketones is 1. The van der Waals surface area contributed by atoms with Crippen molar-refractivity contribution in [1.82, 2.24) is 0 Å². The van der Waals surface area contributed by atoms with Crippen LogP contribution in [0.5, 0.6) is 0 Å². The van der Waals surface area contributed by atoms with Crippen LogP contribution in [0.25, 0.3) is 0 Å². The maximum Gasteiger partial charge on any atom is 0.159 e. The van der Waals surface area contributed by atoms with Gasteiger partial charge in [0, 0.05) is 25.2 Å². The van der Waals surface area contributed by atoms with Crippen LogP contribution in [0.2, 0.25) is 0 Å². The van der Waals surface area contributed by atoms with Crippen LogP contribution in [0.4, 0.5) is 0 Å². The van der Waals surface area contributed by atoms with Crippen LogP contribution in [0.3, 0.4) is 0 Å². The first-order chi connectivity index (χ1) is 8.70. The second-order valence-electron chi connectivity index (χ2n) is 4.90. The summed E-state index contributed by atoms with van der Waals surface area (Å²) in [6.07, 6.45) is 4.41. The van der Waals surface area contributed by atoms with Crippen molar-refractivity contribution >= 4 is 5.78 Å². The fourth-order valence-corrected chi connectivity index (χ4v) is 2.85. The summed E-state index contributed by atoms with van der Waals surface area (Å²) in [4.78, 5) is 12.1. The van der Waals surface area contributed by atoms with E-state index in [2.05, 4.69) is 18.8 Å². The first kappa shape index (κ1) is 13.0. The number of methoxy groups -OCH3 is 2. The SMILES string of the molecule is CCCCC#CC12C(=O)CC1CC(OC)=C2OC. The predicted octanol–water partition coefficient (Wildman–Crippen LogP) is 2.66. The Balaban J connectivity index is 2.28. The lowest BCUT2D eigenvalue weighted by atomic mass is 9.60. The van der Waals surface area contributed by atoms with Crippen LogP contribution < -0.4 is 0 Å². The van der Waals surface area contributed by atoms with E-state index in [0.29, 0.717) is 12.2 Å². The van der Waals surface area contributed by atoms with E-state index in [1.54, 1.807) is 14.2 Å². The molecule has 3 heteroatoms. The minimum atomic E-state index is -0.687. The van der Waals surface area contributed by atoms with E-state index in [9.17, 15) is 4.79 Å². The third-order valence-corrected chi connectivity index (χ3v) is 3.92. The summed E-state index contributed by atoms with van der Waals surface area (Å²) < 4.78 is 10.7. The Morgan fingerprint density at radius 3 is 2.67 bits per heavy atom. The van der Waals surface area contributed by atoms with Crippen LogP contribution in [-0.4, -0.2) is 20.0 Å². The molecule has 2 aliphatic carbocycles. The maximum atomic E-state index is 12.1. The minimum absolute atomic E-state index is 0.181. The lowest BCUT2D eigenvalue weighted by Gasteiger charge is -2.39. The average molecular weight is 248 g/mol. The van der Waals surface area contributed by atoms with Gasteiger partial charge in [-0.15, -0.1) is 5.92 Å². The summed E-state index contributed by atoms with van der Waals surface area (Å²) in [7, 11) is 3.22. The average Bonchev–Trinajstić information content (AvgIpc) is 2.63. The van der Waals surface area contributed by atoms with E-state index in [4.69, 9.17) is 9.47 Å². The molecule has 2 aliphatic rings. The third kappa shape index (κ3) is 1.71. The number of hydrogen-bond donors (Lipinski definition) is 0. The number of ether oxygens (including phenoxy) is 2. The Bertz CT molecular complexity index is 438. The molecular weight excluding hydrogens is 228 g/mol. The first-order valence-electron chi connectivity index (χ1n) is 6.55. The fourth-order valence-electron chi connectivity index (χ4n) is 2.85. The number of hydrogen-bond acceptors (Lipinski definition) is 3. The van der Waals surface area contributed by atoms with Gasteiger partial charge in [0.05, 0.1) is 14.2 Å². The van der Waals surface area contributed by atoms with Crippen molar-refractivity contribution in [2.45, 2.75) is 39.0 Å². The predicted molar refractivity (Wildman–Crippen MR) is 68.5 cm³/mol. The van der Waals surface area contributed by atoms with Crippen molar-refractivity contribution in [1.29, 1.82) is 0 Å². The Kier molecular flexibility index (Phi) is 3.65. The molecule has 1 fully saturated rings. The molecule has 1 saturated carbocycles. The maximum absolute atomic E-state index is 12.1. The summed E-state index contributed by atoms with van der Waals surface area (Å²) in [6.45, 7) is 2.14. The molecule has 2 rings (SSSR count). The van der Waals surface area contributed by atoms with Gasteiger partial charge in [0.1, 0.15) is 5.76 Å². The van der Waals surface area contributed by atoms with Crippen LogP contribution in [-0.2, 0) is 14.3 Å². The van der Waals surface area contributed by atoms with Crippen molar-refractivity contribution < 1.29 is 14.3 Å². The number of unbranched alkanes of at least 4 members (excludes halogenated alkanes) is 2. The molecule has 0 bridgehead atoms. The first-order valence-corrected chi connectivity index (χ1v) is 6.55. The van der Waals surface area contributed by atoms with Crippen molar-refractivity contribution in [3.63, 3.8) is 0 Å². The fraction of sp³-hybridized carbons (Fsp3) is 0.667. The summed E-state index contributed by atoms with van der Waals surface area (Å²) in [5.74, 6) is 8.20. The normalized spacial score (nSPS) is 29.3. The molecular formula is C15H20O3. The molecule has 2 atom stereocenters. The highest BCUT2D eigenvalue weighted by Gasteiger charge is 2.62. The van der Waals surface area contributed by atoms with Gasteiger partial charge in [-0.2, -0.15) is 0 Å². The van der Waals surface area contributed by atoms with Gasteiger partial charge in [-0.05, 0) is 6.42 Å². The van der Waals surface area contributed by atoms with Gasteiger partial charge in [-0.1, -0.05) is 19.3 Å². The molecule has 0 heterocycles. The molecule has 0 spiro atoms. The van der Waals surface area contributed by atoms with Gasteiger partial charge in [0.15, 0.2) is 17.0 Å². The molecule has 3 nitrogen and oxygen atoms in total. The number of allylic oxidation sites excluding steroid dienone is 2. The number of Topliss-reactive ketones (excluding diaryl/α,β-unsaturated/α-hetero) is 1. The Morgan fingerprint density at radius 2 is 2.11 bits per heavy atom. The number of fused-ring (bicyclic) bond motifs is 1. The molecule has 98 valence electrons. The quantitative estimate of drug-likeness (QED) is 0.567. The van der Waals surface area contributed by atoms with Gasteiger partial charge in [-0.25, -0.2) is 0 Å². The van der Waals surface area contributed by atoms with E-state index in [1.165, 1.54) is 0 Å². The molecule has 0 aromatic rings. The lowest BCUT2D eigenvalue weighted by molar-refractivity contribution is -0.138. The molecule has 0 aromatic carbocycles. The van der Waals surface area contributed by atoms with Gasteiger partial charge < -0.3 is 9.47 Å². The minimum Gasteiger partial charge on any atom is -0.498 e. The van der Waals surface area contributed by atoms with Crippen LogP contribution in [0.15, 0.2) is 11.5 Å². The van der Waals surface area contributed by atoms with Gasteiger partial charge in [-0.3, -0.25) is 4.79 Å². The van der Waals surface area contributed by atoms with Crippen molar-refractivity contribution in [2.75, 3.05) is 14.2 Å². The molecule has 2 unspecified atom stereocenters. The number of carbonyl (C=O) groups excluding carboxylic acids is 1. The van der Waals surface area contributed by atoms with E-state index in [-0.39, 0.29) is 11.7 Å². The highest BCUT2D eigenvalue weighted by Crippen LogP contribution is 2.57. The Morgan fingerprint density at radius 1 is 1.33 bits per heavy atom. The summed E-state index contributed by atoms with van der Waals surface area (Å²) in [5.41, 5.74) is -0.687. The Labute approximate surface area is 109 Å². The van der Waals surface area contributed by atoms with E-state index in [1.807, 2.05) is 0 Å². The summed E-state index contributed by atoms with van der Waals surface area (Å²) in [5, 5.41) is 0. The van der Waals surface area contributed by atoms with Crippen molar-refractivity contribution in [2.24, 2.45) is 11.3 Å². The largest absolute Gasteiger partial charge is 0.498 e. The van der Waals surface area contributed by atoms with E-state index >= 15 is 0 Å². The van der Waals surface area contributed by atoms with Crippen LogP contribution in [0.1, 0.15) is 39.0 Å². The molecule has 18 heavy (non-hydrogen) atoms. The lowest BCUT2D eigenvalue weighted by Crippen LogP contribution is -2.47. The highest BCUT2D eigenvalue weighted by atomic mass is 16.5. The van der Waals surface area contributed by atoms with Gasteiger partial charge >= 0.3 is 0 Å². The molecule has 0 aromatic heterocycles. The topological polar surface area (TPSA) is 35.5 Å².